The van der Waals surface area contributed by atoms with Gasteiger partial charge in [-0.25, -0.2) is 4.98 Å². The summed E-state index contributed by atoms with van der Waals surface area (Å²) in [5, 5.41) is 3.42. The monoisotopic (exact) mass is 235 g/mol. The molecule has 4 nitrogen and oxygen atoms in total. The lowest BCUT2D eigenvalue weighted by Crippen LogP contribution is -2.36. The van der Waals surface area contributed by atoms with E-state index in [1.54, 1.807) is 0 Å². The Morgan fingerprint density at radius 3 is 2.76 bits per heavy atom. The number of anilines is 2. The largest absolute Gasteiger partial charge is 0.381 e. The van der Waals surface area contributed by atoms with Crippen LogP contribution in [0.2, 0.25) is 0 Å². The number of hydrogen-bond acceptors (Lipinski definition) is 4. The fourth-order valence-electron chi connectivity index (χ4n) is 1.84. The second kappa shape index (κ2) is 5.87. The second-order valence-corrected chi connectivity index (χ2v) is 4.46. The maximum Gasteiger partial charge on any atom is 0.128 e. The molecule has 1 saturated heterocycles. The minimum atomic E-state index is 0.492. The summed E-state index contributed by atoms with van der Waals surface area (Å²) in [6, 6.07) is 4.67. The van der Waals surface area contributed by atoms with Crippen molar-refractivity contribution in [3.8, 4) is 0 Å². The summed E-state index contributed by atoms with van der Waals surface area (Å²) < 4.78 is 5.33. The number of aromatic nitrogens is 1. The first-order valence-electron chi connectivity index (χ1n) is 6.35. The molecule has 0 spiro atoms. The number of nitrogens with one attached hydrogen (secondary N) is 1. The van der Waals surface area contributed by atoms with Gasteiger partial charge in [0.2, 0.25) is 0 Å². The number of rotatable bonds is 4. The molecule has 0 saturated carbocycles. The molecular weight excluding hydrogens is 214 g/mol. The maximum atomic E-state index is 5.33. The molecule has 0 aliphatic carbocycles. The molecule has 2 heterocycles. The van der Waals surface area contributed by atoms with Gasteiger partial charge in [-0.05, 0) is 25.5 Å². The van der Waals surface area contributed by atoms with Crippen molar-refractivity contribution in [2.24, 2.45) is 0 Å². The van der Waals surface area contributed by atoms with Crippen LogP contribution in [0.3, 0.4) is 0 Å². The van der Waals surface area contributed by atoms with Gasteiger partial charge in [0.15, 0.2) is 0 Å². The Balaban J connectivity index is 1.97. The molecule has 0 amide bonds. The number of ether oxygens (including phenoxy) is 1. The van der Waals surface area contributed by atoms with Crippen LogP contribution in [0.25, 0.3) is 0 Å². The Morgan fingerprint density at radius 1 is 1.41 bits per heavy atom. The minimum Gasteiger partial charge on any atom is -0.381 e. The van der Waals surface area contributed by atoms with Crippen LogP contribution in [0.15, 0.2) is 18.3 Å². The molecule has 17 heavy (non-hydrogen) atoms. The van der Waals surface area contributed by atoms with E-state index in [2.05, 4.69) is 41.2 Å². The van der Waals surface area contributed by atoms with E-state index < -0.39 is 0 Å². The van der Waals surface area contributed by atoms with Crippen LogP contribution in [0.1, 0.15) is 20.3 Å². The molecule has 1 fully saturated rings. The van der Waals surface area contributed by atoms with Crippen molar-refractivity contribution < 1.29 is 4.74 Å². The topological polar surface area (TPSA) is 37.4 Å². The van der Waals surface area contributed by atoms with E-state index in [-0.39, 0.29) is 0 Å². The highest BCUT2D eigenvalue weighted by molar-refractivity contribution is 5.49. The summed E-state index contributed by atoms with van der Waals surface area (Å²) in [4.78, 5) is 6.76. The van der Waals surface area contributed by atoms with Crippen LogP contribution >= 0.6 is 0 Å². The fourth-order valence-corrected chi connectivity index (χ4v) is 1.84. The molecule has 1 N–H and O–H groups in total. The molecule has 0 bridgehead atoms. The normalized spacial score (nSPS) is 17.9. The average Bonchev–Trinajstić information content (AvgIpc) is 2.40. The van der Waals surface area contributed by atoms with Gasteiger partial charge in [-0.15, -0.1) is 0 Å². The first-order valence-corrected chi connectivity index (χ1v) is 6.35. The van der Waals surface area contributed by atoms with E-state index in [9.17, 15) is 0 Å². The molecule has 4 heteroatoms. The summed E-state index contributed by atoms with van der Waals surface area (Å²) in [6.07, 6.45) is 3.03. The lowest BCUT2D eigenvalue weighted by atomic mass is 10.2. The molecule has 0 radical (unpaired) electrons. The van der Waals surface area contributed by atoms with E-state index in [4.69, 9.17) is 4.74 Å². The third-order valence-electron chi connectivity index (χ3n) is 3.11. The first-order chi connectivity index (χ1) is 8.29. The van der Waals surface area contributed by atoms with Crippen LogP contribution in [-0.2, 0) is 4.74 Å². The molecule has 1 aliphatic heterocycles. The average molecular weight is 235 g/mol. The fraction of sp³-hybridized carbons (Fsp3) is 0.615. The third kappa shape index (κ3) is 3.33. The van der Waals surface area contributed by atoms with Crippen molar-refractivity contribution in [1.82, 2.24) is 4.98 Å². The van der Waals surface area contributed by atoms with Crippen molar-refractivity contribution in [2.45, 2.75) is 26.3 Å². The molecule has 2 rings (SSSR count). The summed E-state index contributed by atoms with van der Waals surface area (Å²) in [7, 11) is 0. The zero-order chi connectivity index (χ0) is 12.1. The first kappa shape index (κ1) is 12.2. The summed E-state index contributed by atoms with van der Waals surface area (Å²) >= 11 is 0. The van der Waals surface area contributed by atoms with Crippen LogP contribution in [-0.4, -0.2) is 37.3 Å². The summed E-state index contributed by atoms with van der Waals surface area (Å²) in [6.45, 7) is 7.82. The Morgan fingerprint density at radius 2 is 2.18 bits per heavy atom. The third-order valence-corrected chi connectivity index (χ3v) is 3.11. The van der Waals surface area contributed by atoms with Crippen LogP contribution in [0.4, 0.5) is 11.5 Å². The highest BCUT2D eigenvalue weighted by Gasteiger charge is 2.11. The van der Waals surface area contributed by atoms with Crippen molar-refractivity contribution in [3.05, 3.63) is 18.3 Å². The predicted octanol–water partition coefficient (Wildman–Crippen LogP) is 2.13. The molecule has 1 aromatic rings. The van der Waals surface area contributed by atoms with Gasteiger partial charge >= 0.3 is 0 Å². The van der Waals surface area contributed by atoms with Gasteiger partial charge in [-0.3, -0.25) is 0 Å². The number of nitrogens with zero attached hydrogens (tertiary/aromatic N) is 2. The quantitative estimate of drug-likeness (QED) is 0.867. The lowest BCUT2D eigenvalue weighted by Gasteiger charge is -2.27. The van der Waals surface area contributed by atoms with Gasteiger partial charge in [-0.2, -0.15) is 0 Å². The Bertz CT molecular complexity index is 333. The van der Waals surface area contributed by atoms with Gasteiger partial charge in [0.05, 0.1) is 25.1 Å². The van der Waals surface area contributed by atoms with Crippen molar-refractivity contribution in [1.29, 1.82) is 0 Å². The number of hydrogen-bond donors (Lipinski definition) is 1. The molecule has 1 aliphatic rings. The van der Waals surface area contributed by atoms with Gasteiger partial charge in [0.25, 0.3) is 0 Å². The zero-order valence-electron chi connectivity index (χ0n) is 10.6. The van der Waals surface area contributed by atoms with E-state index in [1.165, 1.54) is 0 Å². The smallest absolute Gasteiger partial charge is 0.128 e. The molecule has 1 aromatic heterocycles. The highest BCUT2D eigenvalue weighted by atomic mass is 16.5. The number of morpholine rings is 1. The van der Waals surface area contributed by atoms with Crippen molar-refractivity contribution in [3.63, 3.8) is 0 Å². The van der Waals surface area contributed by atoms with E-state index in [0.29, 0.717) is 6.04 Å². The van der Waals surface area contributed by atoms with Crippen LogP contribution in [0, 0.1) is 0 Å². The number of pyridine rings is 1. The minimum absolute atomic E-state index is 0.492. The van der Waals surface area contributed by atoms with Gasteiger partial charge < -0.3 is 15.0 Å². The molecule has 94 valence electrons. The Kier molecular flexibility index (Phi) is 4.20. The van der Waals surface area contributed by atoms with Crippen molar-refractivity contribution >= 4 is 11.5 Å². The molecule has 1 unspecified atom stereocenters. The SMILES string of the molecule is CCC(C)Nc1ccc(N2CCOCC2)nc1. The van der Waals surface area contributed by atoms with Crippen LogP contribution < -0.4 is 10.2 Å². The van der Waals surface area contributed by atoms with E-state index >= 15 is 0 Å². The van der Waals surface area contributed by atoms with Crippen LogP contribution in [0.5, 0.6) is 0 Å². The van der Waals surface area contributed by atoms with Gasteiger partial charge in [0, 0.05) is 19.1 Å². The highest BCUT2D eigenvalue weighted by Crippen LogP contribution is 2.16. The molecule has 1 atom stereocenters. The van der Waals surface area contributed by atoms with E-state index in [1.807, 2.05) is 6.20 Å². The Hall–Kier alpha value is -1.29. The second-order valence-electron chi connectivity index (χ2n) is 4.46. The zero-order valence-corrected chi connectivity index (χ0v) is 10.6. The molecular formula is C13H21N3O. The maximum absolute atomic E-state index is 5.33. The summed E-state index contributed by atoms with van der Waals surface area (Å²) in [5.74, 6) is 1.04. The van der Waals surface area contributed by atoms with E-state index in [0.717, 1.165) is 44.2 Å². The molecule has 0 aromatic carbocycles. The standard InChI is InChI=1S/C13H21N3O/c1-3-11(2)15-12-4-5-13(14-10-12)16-6-8-17-9-7-16/h4-5,10-11,15H,3,6-9H2,1-2H3. The van der Waals surface area contributed by atoms with Gasteiger partial charge in [0.1, 0.15) is 5.82 Å². The Labute approximate surface area is 103 Å². The predicted molar refractivity (Wildman–Crippen MR) is 70.6 cm³/mol. The van der Waals surface area contributed by atoms with Gasteiger partial charge in [-0.1, -0.05) is 6.92 Å². The van der Waals surface area contributed by atoms with Crippen molar-refractivity contribution in [2.75, 3.05) is 36.5 Å². The summed E-state index contributed by atoms with van der Waals surface area (Å²) in [5.41, 5.74) is 1.09. The lowest BCUT2D eigenvalue weighted by molar-refractivity contribution is 0.122.